The van der Waals surface area contributed by atoms with Gasteiger partial charge in [-0.15, -0.1) is 11.3 Å². The van der Waals surface area contributed by atoms with Crippen LogP contribution in [0.4, 0.5) is 0 Å². The quantitative estimate of drug-likeness (QED) is 0.856. The summed E-state index contributed by atoms with van der Waals surface area (Å²) < 4.78 is 0. The van der Waals surface area contributed by atoms with Crippen molar-refractivity contribution in [1.82, 2.24) is 0 Å². The van der Waals surface area contributed by atoms with Crippen molar-refractivity contribution in [3.8, 4) is 11.1 Å². The van der Waals surface area contributed by atoms with Crippen LogP contribution >= 0.6 is 11.3 Å². The van der Waals surface area contributed by atoms with Gasteiger partial charge in [0.2, 0.25) is 0 Å². The lowest BCUT2D eigenvalue weighted by molar-refractivity contribution is 0.0696. The number of hydrogen-bond acceptors (Lipinski definition) is 2. The Kier molecular flexibility index (Phi) is 2.79. The molecule has 2 nitrogen and oxygen atoms in total. The molecule has 0 saturated heterocycles. The lowest BCUT2D eigenvalue weighted by Crippen LogP contribution is -2.00. The fourth-order valence-corrected chi connectivity index (χ4v) is 2.47. The summed E-state index contributed by atoms with van der Waals surface area (Å²) in [5.41, 5.74) is 3.31. The number of aromatic carboxylic acids is 1. The number of thiophene rings is 1. The summed E-state index contributed by atoms with van der Waals surface area (Å²) in [5, 5.41) is 11.1. The SMILES string of the molecule is Cc1cc(-c2cccc(C(=O)O)c2C)cs1. The van der Waals surface area contributed by atoms with E-state index in [1.165, 1.54) is 4.88 Å². The molecule has 1 N–H and O–H groups in total. The summed E-state index contributed by atoms with van der Waals surface area (Å²) in [6, 6.07) is 7.47. The van der Waals surface area contributed by atoms with Crippen LogP contribution < -0.4 is 0 Å². The first-order valence-corrected chi connectivity index (χ1v) is 5.86. The molecule has 2 rings (SSSR count). The van der Waals surface area contributed by atoms with Crippen LogP contribution in [0.1, 0.15) is 20.8 Å². The highest BCUT2D eigenvalue weighted by Gasteiger charge is 2.11. The number of carbonyl (C=O) groups is 1. The lowest BCUT2D eigenvalue weighted by atomic mass is 9.98. The van der Waals surface area contributed by atoms with Gasteiger partial charge >= 0.3 is 5.97 Å². The van der Waals surface area contributed by atoms with Crippen molar-refractivity contribution in [3.05, 3.63) is 45.6 Å². The first-order chi connectivity index (χ1) is 7.59. The Labute approximate surface area is 98.2 Å². The number of aryl methyl sites for hydroxylation is 1. The predicted molar refractivity (Wildman–Crippen MR) is 66.2 cm³/mol. The minimum absolute atomic E-state index is 0.376. The zero-order valence-electron chi connectivity index (χ0n) is 9.15. The third-order valence-corrected chi connectivity index (χ3v) is 3.47. The van der Waals surface area contributed by atoms with Gasteiger partial charge in [-0.05, 0) is 48.1 Å². The monoisotopic (exact) mass is 232 g/mol. The van der Waals surface area contributed by atoms with Crippen molar-refractivity contribution in [3.63, 3.8) is 0 Å². The third-order valence-electron chi connectivity index (χ3n) is 2.61. The van der Waals surface area contributed by atoms with Gasteiger partial charge in [-0.2, -0.15) is 0 Å². The van der Waals surface area contributed by atoms with Gasteiger partial charge in [0.1, 0.15) is 0 Å². The van der Waals surface area contributed by atoms with Crippen LogP contribution in [0.2, 0.25) is 0 Å². The van der Waals surface area contributed by atoms with Crippen LogP contribution in [0.3, 0.4) is 0 Å². The van der Waals surface area contributed by atoms with Crippen molar-refractivity contribution < 1.29 is 9.90 Å². The molecule has 3 heteroatoms. The minimum atomic E-state index is -0.869. The molecule has 0 aliphatic carbocycles. The summed E-state index contributed by atoms with van der Waals surface area (Å²) in [6.45, 7) is 3.90. The number of benzene rings is 1. The predicted octanol–water partition coefficient (Wildman–Crippen LogP) is 3.73. The fraction of sp³-hybridized carbons (Fsp3) is 0.154. The van der Waals surface area contributed by atoms with Gasteiger partial charge in [-0.1, -0.05) is 12.1 Å². The number of rotatable bonds is 2. The molecule has 0 fully saturated rings. The van der Waals surface area contributed by atoms with Crippen molar-refractivity contribution >= 4 is 17.3 Å². The number of carboxylic acid groups (broad SMARTS) is 1. The van der Waals surface area contributed by atoms with E-state index in [0.717, 1.165) is 16.7 Å². The highest BCUT2D eigenvalue weighted by atomic mass is 32.1. The molecule has 82 valence electrons. The zero-order chi connectivity index (χ0) is 11.7. The summed E-state index contributed by atoms with van der Waals surface area (Å²) in [6.07, 6.45) is 0. The van der Waals surface area contributed by atoms with E-state index in [9.17, 15) is 4.79 Å². The number of hydrogen-bond donors (Lipinski definition) is 1. The molecule has 0 aliphatic heterocycles. The second-order valence-electron chi connectivity index (χ2n) is 3.73. The van der Waals surface area contributed by atoms with Gasteiger partial charge in [-0.25, -0.2) is 4.79 Å². The van der Waals surface area contributed by atoms with E-state index in [1.54, 1.807) is 23.5 Å². The summed E-state index contributed by atoms with van der Waals surface area (Å²) in [4.78, 5) is 12.2. The van der Waals surface area contributed by atoms with Crippen LogP contribution in [-0.2, 0) is 0 Å². The second-order valence-corrected chi connectivity index (χ2v) is 4.84. The van der Waals surface area contributed by atoms with Crippen LogP contribution in [0.15, 0.2) is 29.6 Å². The Hall–Kier alpha value is -1.61. The lowest BCUT2D eigenvalue weighted by Gasteiger charge is -2.06. The van der Waals surface area contributed by atoms with Gasteiger partial charge < -0.3 is 5.11 Å². The minimum Gasteiger partial charge on any atom is -0.478 e. The third kappa shape index (κ3) is 1.86. The Morgan fingerprint density at radius 2 is 2.06 bits per heavy atom. The molecule has 0 amide bonds. The van der Waals surface area contributed by atoms with E-state index in [2.05, 4.69) is 11.4 Å². The van der Waals surface area contributed by atoms with Crippen molar-refractivity contribution in [1.29, 1.82) is 0 Å². The smallest absolute Gasteiger partial charge is 0.335 e. The molecule has 0 saturated carbocycles. The van der Waals surface area contributed by atoms with Crippen LogP contribution in [-0.4, -0.2) is 11.1 Å². The molecule has 0 radical (unpaired) electrons. The molecule has 0 spiro atoms. The largest absolute Gasteiger partial charge is 0.478 e. The second kappa shape index (κ2) is 4.10. The molecule has 1 heterocycles. The average Bonchev–Trinajstić information content (AvgIpc) is 2.64. The standard InChI is InChI=1S/C13H12O2S/c1-8-6-10(7-16-8)11-4-3-5-12(9(11)2)13(14)15/h3-7H,1-2H3,(H,14,15). The molecule has 2 aromatic rings. The Bertz CT molecular complexity index is 541. The molecule has 0 atom stereocenters. The first-order valence-electron chi connectivity index (χ1n) is 4.98. The van der Waals surface area contributed by atoms with E-state index in [4.69, 9.17) is 5.11 Å². The van der Waals surface area contributed by atoms with E-state index in [1.807, 2.05) is 19.9 Å². The summed E-state index contributed by atoms with van der Waals surface area (Å²) >= 11 is 1.67. The van der Waals surface area contributed by atoms with Gasteiger partial charge in [-0.3, -0.25) is 0 Å². The van der Waals surface area contributed by atoms with E-state index < -0.39 is 5.97 Å². The van der Waals surface area contributed by atoms with Crippen LogP contribution in [0, 0.1) is 13.8 Å². The Balaban J connectivity index is 2.58. The van der Waals surface area contributed by atoms with Crippen LogP contribution in [0.5, 0.6) is 0 Å². The first kappa shape index (κ1) is 10.9. The molecule has 0 unspecified atom stereocenters. The Morgan fingerprint density at radius 1 is 1.31 bits per heavy atom. The van der Waals surface area contributed by atoms with Crippen LogP contribution in [0.25, 0.3) is 11.1 Å². The van der Waals surface area contributed by atoms with Gasteiger partial charge in [0.15, 0.2) is 0 Å². The molecule has 1 aromatic carbocycles. The van der Waals surface area contributed by atoms with E-state index in [-0.39, 0.29) is 0 Å². The normalized spacial score (nSPS) is 10.4. The van der Waals surface area contributed by atoms with Gasteiger partial charge in [0.25, 0.3) is 0 Å². The zero-order valence-corrected chi connectivity index (χ0v) is 9.97. The van der Waals surface area contributed by atoms with E-state index >= 15 is 0 Å². The van der Waals surface area contributed by atoms with Crippen molar-refractivity contribution in [2.45, 2.75) is 13.8 Å². The van der Waals surface area contributed by atoms with Gasteiger partial charge in [0, 0.05) is 4.88 Å². The topological polar surface area (TPSA) is 37.3 Å². The molecule has 0 bridgehead atoms. The van der Waals surface area contributed by atoms with E-state index in [0.29, 0.717) is 5.56 Å². The maximum absolute atomic E-state index is 11.0. The maximum atomic E-state index is 11.0. The maximum Gasteiger partial charge on any atom is 0.335 e. The summed E-state index contributed by atoms with van der Waals surface area (Å²) in [5.74, 6) is -0.869. The number of carboxylic acids is 1. The summed E-state index contributed by atoms with van der Waals surface area (Å²) in [7, 11) is 0. The van der Waals surface area contributed by atoms with Crippen molar-refractivity contribution in [2.24, 2.45) is 0 Å². The molecule has 16 heavy (non-hydrogen) atoms. The Morgan fingerprint density at radius 3 is 2.62 bits per heavy atom. The average molecular weight is 232 g/mol. The molecular formula is C13H12O2S. The molecular weight excluding hydrogens is 220 g/mol. The highest BCUT2D eigenvalue weighted by Crippen LogP contribution is 2.29. The molecule has 0 aliphatic rings. The molecule has 1 aromatic heterocycles. The highest BCUT2D eigenvalue weighted by molar-refractivity contribution is 7.10. The van der Waals surface area contributed by atoms with Crippen molar-refractivity contribution in [2.75, 3.05) is 0 Å². The fourth-order valence-electron chi connectivity index (χ4n) is 1.76. The van der Waals surface area contributed by atoms with Gasteiger partial charge in [0.05, 0.1) is 5.56 Å².